The SMILES string of the molecule is CC(C)=CCCC(C)OCC#N. The van der Waals surface area contributed by atoms with Gasteiger partial charge in [-0.25, -0.2) is 0 Å². The van der Waals surface area contributed by atoms with Crippen LogP contribution in [0.1, 0.15) is 33.6 Å². The normalized spacial score (nSPS) is 11.8. The first-order valence-electron chi connectivity index (χ1n) is 4.28. The van der Waals surface area contributed by atoms with Crippen molar-refractivity contribution in [1.29, 1.82) is 5.26 Å². The molecule has 0 radical (unpaired) electrons. The highest BCUT2D eigenvalue weighted by Gasteiger charge is 1.98. The topological polar surface area (TPSA) is 33.0 Å². The highest BCUT2D eigenvalue weighted by molar-refractivity contribution is 4.92. The van der Waals surface area contributed by atoms with Crippen molar-refractivity contribution >= 4 is 0 Å². The van der Waals surface area contributed by atoms with E-state index in [0.29, 0.717) is 0 Å². The number of nitrogens with zero attached hydrogens (tertiary/aromatic N) is 1. The second kappa shape index (κ2) is 6.87. The van der Waals surface area contributed by atoms with Crippen molar-refractivity contribution in [3.05, 3.63) is 11.6 Å². The summed E-state index contributed by atoms with van der Waals surface area (Å²) in [5, 5.41) is 8.24. The van der Waals surface area contributed by atoms with Gasteiger partial charge in [0, 0.05) is 0 Å². The van der Waals surface area contributed by atoms with Crippen LogP contribution < -0.4 is 0 Å². The van der Waals surface area contributed by atoms with Crippen molar-refractivity contribution in [3.63, 3.8) is 0 Å². The monoisotopic (exact) mass is 167 g/mol. The fraction of sp³-hybridized carbons (Fsp3) is 0.700. The molecular formula is C10H17NO. The molecule has 0 N–H and O–H groups in total. The van der Waals surface area contributed by atoms with Crippen LogP contribution in [0.15, 0.2) is 11.6 Å². The minimum atomic E-state index is 0.195. The highest BCUT2D eigenvalue weighted by atomic mass is 16.5. The van der Waals surface area contributed by atoms with Gasteiger partial charge >= 0.3 is 0 Å². The molecule has 0 bridgehead atoms. The maximum absolute atomic E-state index is 8.24. The van der Waals surface area contributed by atoms with Crippen LogP contribution in [-0.2, 0) is 4.74 Å². The molecule has 0 heterocycles. The molecular weight excluding hydrogens is 150 g/mol. The van der Waals surface area contributed by atoms with E-state index in [-0.39, 0.29) is 12.7 Å². The lowest BCUT2D eigenvalue weighted by Gasteiger charge is -2.08. The number of hydrogen-bond acceptors (Lipinski definition) is 2. The van der Waals surface area contributed by atoms with Gasteiger partial charge in [0.05, 0.1) is 12.2 Å². The standard InChI is InChI=1S/C10H17NO/c1-9(2)5-4-6-10(3)12-8-7-11/h5,10H,4,6,8H2,1-3H3. The van der Waals surface area contributed by atoms with E-state index in [1.807, 2.05) is 13.0 Å². The Morgan fingerprint density at radius 3 is 2.75 bits per heavy atom. The number of allylic oxidation sites excluding steroid dienone is 2. The van der Waals surface area contributed by atoms with Gasteiger partial charge in [-0.15, -0.1) is 0 Å². The Morgan fingerprint density at radius 2 is 2.25 bits per heavy atom. The van der Waals surface area contributed by atoms with E-state index >= 15 is 0 Å². The molecule has 2 heteroatoms. The molecule has 0 rings (SSSR count). The number of hydrogen-bond donors (Lipinski definition) is 0. The Morgan fingerprint density at radius 1 is 1.58 bits per heavy atom. The number of nitriles is 1. The molecule has 0 spiro atoms. The minimum Gasteiger partial charge on any atom is -0.364 e. The van der Waals surface area contributed by atoms with Gasteiger partial charge in [-0.3, -0.25) is 0 Å². The van der Waals surface area contributed by atoms with Crippen LogP contribution in [0.2, 0.25) is 0 Å². The molecule has 0 aromatic rings. The van der Waals surface area contributed by atoms with Gasteiger partial charge in [-0.1, -0.05) is 11.6 Å². The summed E-state index contributed by atoms with van der Waals surface area (Å²) in [6.45, 7) is 6.37. The van der Waals surface area contributed by atoms with E-state index in [1.54, 1.807) is 0 Å². The van der Waals surface area contributed by atoms with Crippen LogP contribution in [0.3, 0.4) is 0 Å². The minimum absolute atomic E-state index is 0.195. The summed E-state index contributed by atoms with van der Waals surface area (Å²) < 4.78 is 5.18. The van der Waals surface area contributed by atoms with E-state index in [4.69, 9.17) is 10.00 Å². The second-order valence-electron chi connectivity index (χ2n) is 3.14. The summed E-state index contributed by atoms with van der Waals surface area (Å²) in [6, 6.07) is 1.96. The first-order chi connectivity index (χ1) is 5.66. The fourth-order valence-electron chi connectivity index (χ4n) is 0.870. The van der Waals surface area contributed by atoms with Gasteiger partial charge in [0.2, 0.25) is 0 Å². The van der Waals surface area contributed by atoms with Crippen molar-refractivity contribution in [2.24, 2.45) is 0 Å². The molecule has 1 atom stereocenters. The molecule has 68 valence electrons. The van der Waals surface area contributed by atoms with Crippen molar-refractivity contribution in [3.8, 4) is 6.07 Å². The quantitative estimate of drug-likeness (QED) is 0.590. The van der Waals surface area contributed by atoms with E-state index in [0.717, 1.165) is 12.8 Å². The first-order valence-corrected chi connectivity index (χ1v) is 4.28. The largest absolute Gasteiger partial charge is 0.364 e. The molecule has 2 nitrogen and oxygen atoms in total. The van der Waals surface area contributed by atoms with Gasteiger partial charge in [0.15, 0.2) is 0 Å². The first kappa shape index (κ1) is 11.2. The van der Waals surface area contributed by atoms with Crippen LogP contribution in [0.4, 0.5) is 0 Å². The predicted molar refractivity (Wildman–Crippen MR) is 49.7 cm³/mol. The third-order valence-corrected chi connectivity index (χ3v) is 1.56. The van der Waals surface area contributed by atoms with Crippen molar-refractivity contribution in [1.82, 2.24) is 0 Å². The molecule has 12 heavy (non-hydrogen) atoms. The Labute approximate surface area is 74.8 Å². The maximum atomic E-state index is 8.24. The van der Waals surface area contributed by atoms with E-state index in [2.05, 4.69) is 19.9 Å². The van der Waals surface area contributed by atoms with E-state index < -0.39 is 0 Å². The lowest BCUT2D eigenvalue weighted by molar-refractivity contribution is 0.0856. The van der Waals surface area contributed by atoms with Gasteiger partial charge in [0.1, 0.15) is 6.61 Å². The lowest BCUT2D eigenvalue weighted by Crippen LogP contribution is -2.07. The highest BCUT2D eigenvalue weighted by Crippen LogP contribution is 2.03. The Balaban J connectivity index is 3.39. The maximum Gasteiger partial charge on any atom is 0.134 e. The zero-order valence-electron chi connectivity index (χ0n) is 8.13. The lowest BCUT2D eigenvalue weighted by atomic mass is 10.2. The molecule has 1 unspecified atom stereocenters. The third-order valence-electron chi connectivity index (χ3n) is 1.56. The Bertz CT molecular complexity index is 175. The molecule has 0 aliphatic carbocycles. The number of rotatable bonds is 5. The molecule has 0 aliphatic heterocycles. The molecule has 0 saturated carbocycles. The van der Waals surface area contributed by atoms with Crippen LogP contribution in [0.25, 0.3) is 0 Å². The molecule has 0 saturated heterocycles. The molecule has 0 fully saturated rings. The van der Waals surface area contributed by atoms with Crippen molar-refractivity contribution < 1.29 is 4.74 Å². The number of ether oxygens (including phenoxy) is 1. The summed E-state index contributed by atoms with van der Waals surface area (Å²) >= 11 is 0. The van der Waals surface area contributed by atoms with Crippen molar-refractivity contribution in [2.75, 3.05) is 6.61 Å². The second-order valence-corrected chi connectivity index (χ2v) is 3.14. The fourth-order valence-corrected chi connectivity index (χ4v) is 0.870. The molecule has 0 aromatic heterocycles. The average Bonchev–Trinajstić information content (AvgIpc) is 2.00. The predicted octanol–water partition coefficient (Wildman–Crippen LogP) is 2.66. The van der Waals surface area contributed by atoms with Crippen LogP contribution in [0, 0.1) is 11.3 Å². The summed E-state index contributed by atoms with van der Waals surface area (Å²) in [7, 11) is 0. The van der Waals surface area contributed by atoms with Gasteiger partial charge < -0.3 is 4.74 Å². The summed E-state index contributed by atoms with van der Waals surface area (Å²) in [5.74, 6) is 0. The van der Waals surface area contributed by atoms with Crippen LogP contribution in [0.5, 0.6) is 0 Å². The third kappa shape index (κ3) is 7.30. The zero-order chi connectivity index (χ0) is 9.40. The average molecular weight is 167 g/mol. The van der Waals surface area contributed by atoms with E-state index in [9.17, 15) is 0 Å². The van der Waals surface area contributed by atoms with Crippen LogP contribution >= 0.6 is 0 Å². The molecule has 0 amide bonds. The van der Waals surface area contributed by atoms with Crippen molar-refractivity contribution in [2.45, 2.75) is 39.7 Å². The van der Waals surface area contributed by atoms with Gasteiger partial charge in [0.25, 0.3) is 0 Å². The molecule has 0 aromatic carbocycles. The van der Waals surface area contributed by atoms with Gasteiger partial charge in [-0.2, -0.15) is 5.26 Å². The summed E-state index contributed by atoms with van der Waals surface area (Å²) in [5.41, 5.74) is 1.34. The van der Waals surface area contributed by atoms with Crippen LogP contribution in [-0.4, -0.2) is 12.7 Å². The zero-order valence-corrected chi connectivity index (χ0v) is 8.13. The van der Waals surface area contributed by atoms with E-state index in [1.165, 1.54) is 5.57 Å². The summed E-state index contributed by atoms with van der Waals surface area (Å²) in [4.78, 5) is 0. The Kier molecular flexibility index (Phi) is 6.41. The smallest absolute Gasteiger partial charge is 0.134 e. The summed E-state index contributed by atoms with van der Waals surface area (Å²) in [6.07, 6.45) is 4.41. The molecule has 0 aliphatic rings. The Hall–Kier alpha value is -0.810. The van der Waals surface area contributed by atoms with Gasteiger partial charge in [-0.05, 0) is 33.6 Å².